The van der Waals surface area contributed by atoms with Crippen LogP contribution >= 0.6 is 0 Å². The normalized spacial score (nSPS) is 11.5. The molecule has 0 spiro atoms. The molecular formula is C30H27N5. The zero-order valence-corrected chi connectivity index (χ0v) is 20.2. The molecule has 0 aliphatic carbocycles. The van der Waals surface area contributed by atoms with Crippen LogP contribution in [0.15, 0.2) is 85.3 Å². The zero-order valence-electron chi connectivity index (χ0n) is 20.2. The summed E-state index contributed by atoms with van der Waals surface area (Å²) >= 11 is 0. The minimum Gasteiger partial charge on any atom is -0.323 e. The molecule has 6 aromatic rings. The highest BCUT2D eigenvalue weighted by Gasteiger charge is 2.15. The number of imidazole rings is 1. The zero-order chi connectivity index (χ0) is 23.9. The van der Waals surface area contributed by atoms with Gasteiger partial charge in [0.2, 0.25) is 0 Å². The van der Waals surface area contributed by atoms with Gasteiger partial charge in [-0.2, -0.15) is 5.10 Å². The summed E-state index contributed by atoms with van der Waals surface area (Å²) in [5, 5.41) is 5.64. The number of hydrogen-bond donors (Lipinski definition) is 0. The molecule has 0 aliphatic heterocycles. The molecule has 0 aliphatic rings. The van der Waals surface area contributed by atoms with Crippen molar-refractivity contribution in [2.75, 3.05) is 0 Å². The molecule has 0 saturated carbocycles. The highest BCUT2D eigenvalue weighted by molar-refractivity contribution is 5.96. The van der Waals surface area contributed by atoms with Gasteiger partial charge in [-0.3, -0.25) is 9.67 Å². The largest absolute Gasteiger partial charge is 0.323 e. The third-order valence-electron chi connectivity index (χ3n) is 6.87. The number of aromatic nitrogens is 5. The van der Waals surface area contributed by atoms with Crippen molar-refractivity contribution >= 4 is 21.9 Å². The molecule has 3 aromatic carbocycles. The summed E-state index contributed by atoms with van der Waals surface area (Å²) < 4.78 is 4.30. The lowest BCUT2D eigenvalue weighted by molar-refractivity contribution is 0.758. The van der Waals surface area contributed by atoms with Crippen LogP contribution in [0.3, 0.4) is 0 Å². The molecular weight excluding hydrogens is 430 g/mol. The van der Waals surface area contributed by atoms with Gasteiger partial charge >= 0.3 is 0 Å². The smallest absolute Gasteiger partial charge is 0.114 e. The van der Waals surface area contributed by atoms with E-state index in [1.807, 2.05) is 30.3 Å². The molecule has 0 fully saturated rings. The summed E-state index contributed by atoms with van der Waals surface area (Å²) in [4.78, 5) is 9.26. The molecule has 6 rings (SSSR count). The lowest BCUT2D eigenvalue weighted by atomic mass is 10.0. The maximum absolute atomic E-state index is 5.08. The summed E-state index contributed by atoms with van der Waals surface area (Å²) in [6.45, 7) is 5.12. The van der Waals surface area contributed by atoms with Crippen LogP contribution in [-0.2, 0) is 20.0 Å². The highest BCUT2D eigenvalue weighted by Crippen LogP contribution is 2.32. The first-order valence-electron chi connectivity index (χ1n) is 11.9. The molecule has 0 unspecified atom stereocenters. The van der Waals surface area contributed by atoms with Gasteiger partial charge in [0, 0.05) is 37.8 Å². The number of benzene rings is 3. The van der Waals surface area contributed by atoms with E-state index in [2.05, 4.69) is 95.2 Å². The molecule has 0 amide bonds. The van der Waals surface area contributed by atoms with E-state index in [-0.39, 0.29) is 0 Å². The van der Waals surface area contributed by atoms with Crippen molar-refractivity contribution < 1.29 is 0 Å². The number of rotatable bonds is 5. The molecule has 3 heterocycles. The van der Waals surface area contributed by atoms with Gasteiger partial charge in [0.25, 0.3) is 0 Å². The first-order chi connectivity index (χ1) is 17.1. The average Bonchev–Trinajstić information content (AvgIpc) is 3.42. The minimum absolute atomic E-state index is 0.760. The van der Waals surface area contributed by atoms with E-state index >= 15 is 0 Å². The van der Waals surface area contributed by atoms with Gasteiger partial charge in [0.15, 0.2) is 0 Å². The van der Waals surface area contributed by atoms with Crippen LogP contribution in [0.2, 0.25) is 0 Å². The topological polar surface area (TPSA) is 48.5 Å². The van der Waals surface area contributed by atoms with E-state index in [1.54, 1.807) is 0 Å². The van der Waals surface area contributed by atoms with Crippen molar-refractivity contribution in [3.05, 3.63) is 113 Å². The van der Waals surface area contributed by atoms with Crippen molar-refractivity contribution in [3.8, 4) is 11.1 Å². The molecule has 5 nitrogen and oxygen atoms in total. The maximum Gasteiger partial charge on any atom is 0.114 e. The van der Waals surface area contributed by atoms with Crippen LogP contribution in [-0.4, -0.2) is 24.3 Å². The van der Waals surface area contributed by atoms with Gasteiger partial charge in [-0.1, -0.05) is 42.0 Å². The van der Waals surface area contributed by atoms with Crippen LogP contribution in [0.4, 0.5) is 0 Å². The second-order valence-corrected chi connectivity index (χ2v) is 9.29. The minimum atomic E-state index is 0.760. The van der Waals surface area contributed by atoms with Gasteiger partial charge in [0.05, 0.1) is 22.7 Å². The number of nitrogens with zero attached hydrogens (tertiary/aromatic N) is 5. The summed E-state index contributed by atoms with van der Waals surface area (Å²) in [6.07, 6.45) is 6.41. The van der Waals surface area contributed by atoms with Crippen LogP contribution < -0.4 is 0 Å². The fourth-order valence-electron chi connectivity index (χ4n) is 4.90. The molecule has 0 atom stereocenters. The van der Waals surface area contributed by atoms with Gasteiger partial charge in [0.1, 0.15) is 5.82 Å². The van der Waals surface area contributed by atoms with Crippen molar-refractivity contribution in [2.45, 2.75) is 26.8 Å². The SMILES string of the molecule is Cc1ccc(C)c(Cn2c(Cc3ccncc3)nc3ccc(-c4cccc5c4cnn5C)cc32)c1. The fraction of sp³-hybridized carbons (Fsp3) is 0.167. The number of pyridine rings is 1. The van der Waals surface area contributed by atoms with Crippen LogP contribution in [0.1, 0.15) is 28.1 Å². The Morgan fingerprint density at radius 3 is 2.57 bits per heavy atom. The molecule has 0 saturated heterocycles. The Kier molecular flexibility index (Phi) is 5.18. The molecule has 0 N–H and O–H groups in total. The maximum atomic E-state index is 5.08. The van der Waals surface area contributed by atoms with Crippen LogP contribution in [0.25, 0.3) is 33.1 Å². The second-order valence-electron chi connectivity index (χ2n) is 9.29. The molecule has 0 radical (unpaired) electrons. The molecule has 35 heavy (non-hydrogen) atoms. The Bertz CT molecular complexity index is 1670. The number of hydrogen-bond acceptors (Lipinski definition) is 3. The van der Waals surface area contributed by atoms with Crippen molar-refractivity contribution in [1.29, 1.82) is 0 Å². The Morgan fingerprint density at radius 2 is 1.71 bits per heavy atom. The number of aryl methyl sites for hydroxylation is 3. The summed E-state index contributed by atoms with van der Waals surface area (Å²) in [7, 11) is 1.99. The monoisotopic (exact) mass is 457 g/mol. The summed E-state index contributed by atoms with van der Waals surface area (Å²) in [5.41, 5.74) is 10.7. The predicted octanol–water partition coefficient (Wildman–Crippen LogP) is 6.24. The van der Waals surface area contributed by atoms with Crippen molar-refractivity contribution in [1.82, 2.24) is 24.3 Å². The highest BCUT2D eigenvalue weighted by atomic mass is 15.2. The standard InChI is InChI=1S/C30H27N5/c1-20-7-8-21(2)24(15-20)19-35-29-17-23(25-5-4-6-28-26(25)18-32-34(28)3)9-10-27(29)33-30(35)16-22-11-13-31-14-12-22/h4-15,17-18H,16,19H2,1-3H3. The van der Waals surface area contributed by atoms with Gasteiger partial charge < -0.3 is 4.57 Å². The van der Waals surface area contributed by atoms with E-state index in [0.29, 0.717) is 0 Å². The summed E-state index contributed by atoms with van der Waals surface area (Å²) in [6, 6.07) is 23.8. The van der Waals surface area contributed by atoms with Crippen molar-refractivity contribution in [2.24, 2.45) is 7.05 Å². The third-order valence-corrected chi connectivity index (χ3v) is 6.87. The molecule has 172 valence electrons. The first kappa shape index (κ1) is 21.3. The second kappa shape index (κ2) is 8.51. The van der Waals surface area contributed by atoms with Gasteiger partial charge in [-0.15, -0.1) is 0 Å². The van der Waals surface area contributed by atoms with E-state index < -0.39 is 0 Å². The Hall–Kier alpha value is -4.25. The Labute approximate surface area is 204 Å². The predicted molar refractivity (Wildman–Crippen MR) is 142 cm³/mol. The average molecular weight is 458 g/mol. The molecule has 3 aromatic heterocycles. The lowest BCUT2D eigenvalue weighted by Gasteiger charge is -2.13. The van der Waals surface area contributed by atoms with E-state index in [4.69, 9.17) is 4.98 Å². The van der Waals surface area contributed by atoms with E-state index in [9.17, 15) is 0 Å². The van der Waals surface area contributed by atoms with Crippen LogP contribution in [0, 0.1) is 13.8 Å². The number of fused-ring (bicyclic) bond motifs is 2. The van der Waals surface area contributed by atoms with E-state index in [0.717, 1.165) is 40.7 Å². The first-order valence-corrected chi connectivity index (χ1v) is 11.9. The lowest BCUT2D eigenvalue weighted by Crippen LogP contribution is -2.07. The van der Waals surface area contributed by atoms with Gasteiger partial charge in [-0.05, 0) is 72.0 Å². The Balaban J connectivity index is 1.53. The molecule has 0 bridgehead atoms. The van der Waals surface area contributed by atoms with Gasteiger partial charge in [-0.25, -0.2) is 4.98 Å². The summed E-state index contributed by atoms with van der Waals surface area (Å²) in [5.74, 6) is 1.06. The third kappa shape index (κ3) is 3.89. The fourth-order valence-corrected chi connectivity index (χ4v) is 4.90. The molecule has 5 heteroatoms. The van der Waals surface area contributed by atoms with E-state index in [1.165, 1.54) is 33.4 Å². The Morgan fingerprint density at radius 1 is 0.857 bits per heavy atom. The quantitative estimate of drug-likeness (QED) is 0.308. The van der Waals surface area contributed by atoms with Crippen LogP contribution in [0.5, 0.6) is 0 Å². The van der Waals surface area contributed by atoms with Crippen molar-refractivity contribution in [3.63, 3.8) is 0 Å².